The highest BCUT2D eigenvalue weighted by molar-refractivity contribution is 6.18. The molecule has 2 aromatic heterocycles. The van der Waals surface area contributed by atoms with E-state index in [4.69, 9.17) is 8.83 Å². The molecular formula is C26H22O2. The summed E-state index contributed by atoms with van der Waals surface area (Å²) in [4.78, 5) is 0. The van der Waals surface area contributed by atoms with Crippen molar-refractivity contribution in [2.45, 2.75) is 27.7 Å². The number of rotatable bonds is 2. The van der Waals surface area contributed by atoms with Gasteiger partial charge in [0.1, 0.15) is 22.7 Å². The lowest BCUT2D eigenvalue weighted by Gasteiger charge is -2.11. The second-order valence-electron chi connectivity index (χ2n) is 7.68. The highest BCUT2D eigenvalue weighted by Gasteiger charge is 2.22. The van der Waals surface area contributed by atoms with Crippen LogP contribution in [0, 0.1) is 27.7 Å². The highest BCUT2D eigenvalue weighted by atomic mass is 16.3. The van der Waals surface area contributed by atoms with Gasteiger partial charge in [-0.25, -0.2) is 0 Å². The fourth-order valence-electron chi connectivity index (χ4n) is 4.03. The Bertz CT molecular complexity index is 1160. The third-order valence-electron chi connectivity index (χ3n) is 5.38. The van der Waals surface area contributed by atoms with Crippen molar-refractivity contribution in [1.82, 2.24) is 0 Å². The van der Waals surface area contributed by atoms with Crippen LogP contribution in [-0.2, 0) is 0 Å². The van der Waals surface area contributed by atoms with E-state index in [9.17, 15) is 0 Å². The Labute approximate surface area is 164 Å². The van der Waals surface area contributed by atoms with Crippen molar-refractivity contribution < 1.29 is 8.83 Å². The molecule has 0 unspecified atom stereocenters. The van der Waals surface area contributed by atoms with Crippen molar-refractivity contribution in [2.75, 3.05) is 0 Å². The smallest absolute Gasteiger partial charge is 0.143 e. The van der Waals surface area contributed by atoms with E-state index in [2.05, 4.69) is 74.5 Å². The molecule has 0 saturated carbocycles. The number of hydrogen-bond donors (Lipinski definition) is 0. The normalized spacial score (nSPS) is 11.6. The second kappa shape index (κ2) is 6.13. The fourth-order valence-corrected chi connectivity index (χ4v) is 4.03. The fraction of sp³-hybridized carbons (Fsp3) is 0.154. The van der Waals surface area contributed by atoms with Gasteiger partial charge in [0.25, 0.3) is 0 Å². The Hall–Kier alpha value is -3.26. The van der Waals surface area contributed by atoms with E-state index in [1.54, 1.807) is 0 Å². The van der Waals surface area contributed by atoms with Crippen LogP contribution in [0.25, 0.3) is 44.2 Å². The number of fused-ring (bicyclic) bond motifs is 2. The zero-order valence-corrected chi connectivity index (χ0v) is 16.6. The minimum absolute atomic E-state index is 0.904. The molecule has 0 aliphatic heterocycles. The van der Waals surface area contributed by atoms with Gasteiger partial charge in [0.15, 0.2) is 0 Å². The van der Waals surface area contributed by atoms with Crippen molar-refractivity contribution in [3.8, 4) is 22.3 Å². The Morgan fingerprint density at radius 3 is 1.21 bits per heavy atom. The summed E-state index contributed by atoms with van der Waals surface area (Å²) in [5.41, 5.74) is 8.82. The molecule has 0 amide bonds. The molecule has 3 aromatic carbocycles. The van der Waals surface area contributed by atoms with E-state index >= 15 is 0 Å². The van der Waals surface area contributed by atoms with E-state index in [-0.39, 0.29) is 0 Å². The van der Waals surface area contributed by atoms with Gasteiger partial charge in [-0.1, -0.05) is 59.7 Å². The predicted molar refractivity (Wildman–Crippen MR) is 116 cm³/mol. The summed E-state index contributed by atoms with van der Waals surface area (Å²) in [5, 5.41) is 2.19. The summed E-state index contributed by atoms with van der Waals surface area (Å²) in [5.74, 6) is 1.81. The predicted octanol–water partition coefficient (Wildman–Crippen LogP) is 7.75. The lowest BCUT2D eigenvalue weighted by molar-refractivity contribution is 0.576. The van der Waals surface area contributed by atoms with Crippen LogP contribution in [0.4, 0.5) is 0 Å². The van der Waals surface area contributed by atoms with Crippen molar-refractivity contribution in [2.24, 2.45) is 0 Å². The van der Waals surface area contributed by atoms with Crippen LogP contribution >= 0.6 is 0 Å². The van der Waals surface area contributed by atoms with Gasteiger partial charge in [-0.3, -0.25) is 0 Å². The Morgan fingerprint density at radius 1 is 0.500 bits per heavy atom. The molecule has 0 fully saturated rings. The molecular weight excluding hydrogens is 344 g/mol. The first-order valence-electron chi connectivity index (χ1n) is 9.61. The van der Waals surface area contributed by atoms with Gasteiger partial charge in [0.05, 0.1) is 0 Å². The van der Waals surface area contributed by atoms with Crippen molar-refractivity contribution in [3.05, 3.63) is 83.3 Å². The molecule has 0 radical (unpaired) electrons. The average molecular weight is 366 g/mol. The molecule has 0 N–H and O–H groups in total. The molecule has 0 aliphatic carbocycles. The number of furan rings is 2. The summed E-state index contributed by atoms with van der Waals surface area (Å²) in [6.07, 6.45) is 0. The summed E-state index contributed by atoms with van der Waals surface area (Å²) in [6.45, 7) is 8.22. The standard InChI is InChI=1S/C26H22O2/c1-15-5-9-19(10-6-15)23-21-13-17(3)28-26(21)24(20-11-7-16(2)8-12-20)22-14-18(4)27-25(22)23/h5-14H,1-4H3. The number of aryl methyl sites for hydroxylation is 4. The Kier molecular flexibility index (Phi) is 3.70. The third kappa shape index (κ3) is 2.56. The van der Waals surface area contributed by atoms with Crippen molar-refractivity contribution in [3.63, 3.8) is 0 Å². The zero-order valence-electron chi connectivity index (χ0n) is 16.6. The highest BCUT2D eigenvalue weighted by Crippen LogP contribution is 2.45. The third-order valence-corrected chi connectivity index (χ3v) is 5.38. The maximum Gasteiger partial charge on any atom is 0.143 e. The van der Waals surface area contributed by atoms with Crippen molar-refractivity contribution in [1.29, 1.82) is 0 Å². The van der Waals surface area contributed by atoms with Crippen LogP contribution in [0.3, 0.4) is 0 Å². The lowest BCUT2D eigenvalue weighted by Crippen LogP contribution is -1.87. The molecule has 0 aliphatic rings. The van der Waals surface area contributed by atoms with Crippen molar-refractivity contribution >= 4 is 21.9 Å². The van der Waals surface area contributed by atoms with E-state index in [0.717, 1.165) is 55.7 Å². The molecule has 2 heterocycles. The van der Waals surface area contributed by atoms with Crippen LogP contribution in [-0.4, -0.2) is 0 Å². The Morgan fingerprint density at radius 2 is 0.857 bits per heavy atom. The van der Waals surface area contributed by atoms with Crippen LogP contribution in [0.2, 0.25) is 0 Å². The number of hydrogen-bond acceptors (Lipinski definition) is 2. The van der Waals surface area contributed by atoms with Crippen LogP contribution in [0.5, 0.6) is 0 Å². The average Bonchev–Trinajstić information content (AvgIpc) is 3.23. The molecule has 138 valence electrons. The van der Waals surface area contributed by atoms with E-state index in [0.29, 0.717) is 0 Å². The first kappa shape index (κ1) is 16.9. The Balaban J connectivity index is 1.95. The van der Waals surface area contributed by atoms with Crippen LogP contribution in [0.15, 0.2) is 69.5 Å². The molecule has 5 aromatic rings. The van der Waals surface area contributed by atoms with Gasteiger partial charge in [0, 0.05) is 21.9 Å². The molecule has 28 heavy (non-hydrogen) atoms. The largest absolute Gasteiger partial charge is 0.461 e. The number of benzene rings is 3. The maximum absolute atomic E-state index is 6.25. The van der Waals surface area contributed by atoms with Gasteiger partial charge >= 0.3 is 0 Å². The van der Waals surface area contributed by atoms with E-state index < -0.39 is 0 Å². The summed E-state index contributed by atoms with van der Waals surface area (Å²) in [7, 11) is 0. The van der Waals surface area contributed by atoms with Gasteiger partial charge in [-0.15, -0.1) is 0 Å². The molecule has 2 nitrogen and oxygen atoms in total. The monoisotopic (exact) mass is 366 g/mol. The van der Waals surface area contributed by atoms with E-state index in [1.165, 1.54) is 11.1 Å². The SMILES string of the molecule is Cc1ccc(-c2c3cc(C)oc3c(-c3ccc(C)cc3)c3cc(C)oc23)cc1. The lowest BCUT2D eigenvalue weighted by atomic mass is 9.92. The topological polar surface area (TPSA) is 26.3 Å². The molecule has 0 bridgehead atoms. The molecule has 0 saturated heterocycles. The summed E-state index contributed by atoms with van der Waals surface area (Å²) in [6, 6.07) is 21.5. The molecule has 2 heteroatoms. The molecule has 0 atom stereocenters. The second-order valence-corrected chi connectivity index (χ2v) is 7.68. The maximum atomic E-state index is 6.25. The van der Waals surface area contributed by atoms with E-state index in [1.807, 2.05) is 13.8 Å². The van der Waals surface area contributed by atoms with Crippen LogP contribution in [0.1, 0.15) is 22.6 Å². The van der Waals surface area contributed by atoms with Gasteiger partial charge in [0.2, 0.25) is 0 Å². The zero-order chi connectivity index (χ0) is 19.4. The minimum atomic E-state index is 0.904. The minimum Gasteiger partial charge on any atom is -0.461 e. The molecule has 5 rings (SSSR count). The van der Waals surface area contributed by atoms with Gasteiger partial charge in [-0.2, -0.15) is 0 Å². The first-order valence-corrected chi connectivity index (χ1v) is 9.61. The summed E-state index contributed by atoms with van der Waals surface area (Å²) < 4.78 is 12.5. The first-order chi connectivity index (χ1) is 13.5. The van der Waals surface area contributed by atoms with Gasteiger partial charge < -0.3 is 8.83 Å². The summed E-state index contributed by atoms with van der Waals surface area (Å²) >= 11 is 0. The van der Waals surface area contributed by atoms with Crippen LogP contribution < -0.4 is 0 Å². The quantitative estimate of drug-likeness (QED) is 0.319. The van der Waals surface area contributed by atoms with Gasteiger partial charge in [-0.05, 0) is 51.0 Å². The molecule has 0 spiro atoms.